The van der Waals surface area contributed by atoms with E-state index in [1.165, 1.54) is 0 Å². The lowest BCUT2D eigenvalue weighted by atomic mass is 10.1. The molecule has 1 aliphatic rings. The van der Waals surface area contributed by atoms with Crippen LogP contribution in [0.4, 0.5) is 5.69 Å². The average molecular weight is 355 g/mol. The Bertz CT molecular complexity index is 839. The minimum absolute atomic E-state index is 0.123. The van der Waals surface area contributed by atoms with Crippen molar-refractivity contribution in [3.8, 4) is 0 Å². The first kappa shape index (κ1) is 17.7. The molecule has 0 spiro atoms. The fourth-order valence-electron chi connectivity index (χ4n) is 2.99. The second kappa shape index (κ2) is 7.43. The molecule has 7 heteroatoms. The molecule has 7 nitrogen and oxygen atoms in total. The summed E-state index contributed by atoms with van der Waals surface area (Å²) in [6, 6.07) is 8.91. The smallest absolute Gasteiger partial charge is 0.273 e. The Morgan fingerprint density at radius 2 is 1.88 bits per heavy atom. The molecular formula is C19H21N3O4. The fraction of sp³-hybridized carbons (Fsp3) is 0.316. The van der Waals surface area contributed by atoms with Crippen molar-refractivity contribution in [1.82, 2.24) is 10.9 Å². The number of amides is 3. The van der Waals surface area contributed by atoms with Gasteiger partial charge in [-0.1, -0.05) is 12.1 Å². The molecule has 26 heavy (non-hydrogen) atoms. The van der Waals surface area contributed by atoms with Crippen molar-refractivity contribution < 1.29 is 18.8 Å². The molecule has 3 amide bonds. The number of aryl methyl sites for hydroxylation is 2. The van der Waals surface area contributed by atoms with Crippen LogP contribution in [0.15, 0.2) is 34.7 Å². The number of anilines is 1. The van der Waals surface area contributed by atoms with E-state index in [0.717, 1.165) is 24.2 Å². The number of nitrogens with zero attached hydrogens (tertiary/aromatic N) is 1. The Morgan fingerprint density at radius 3 is 2.46 bits per heavy atom. The van der Waals surface area contributed by atoms with E-state index in [9.17, 15) is 14.4 Å². The quantitative estimate of drug-likeness (QED) is 0.821. The first-order valence-electron chi connectivity index (χ1n) is 8.49. The molecular weight excluding hydrogens is 334 g/mol. The van der Waals surface area contributed by atoms with Gasteiger partial charge in [0.2, 0.25) is 11.8 Å². The molecule has 2 N–H and O–H groups in total. The lowest BCUT2D eigenvalue weighted by molar-refractivity contribution is -0.121. The Hall–Kier alpha value is -3.09. The molecule has 3 rings (SSSR count). The Balaban J connectivity index is 1.52. The standard InChI is InChI=1S/C19H21N3O4/c1-12-10-16(13(2)26-12)19(25)21-20-17(23)11-14-5-7-15(8-6-14)22-9-3-4-18(22)24/h5-8,10H,3-4,9,11H2,1-2H3,(H,20,23)(H,21,25). The molecule has 2 heterocycles. The van der Waals surface area contributed by atoms with Gasteiger partial charge in [0, 0.05) is 18.7 Å². The molecule has 0 saturated carbocycles. The van der Waals surface area contributed by atoms with Crippen molar-refractivity contribution in [3.05, 3.63) is 53.0 Å². The van der Waals surface area contributed by atoms with E-state index in [1.54, 1.807) is 24.8 Å². The van der Waals surface area contributed by atoms with Crippen LogP contribution in [0.25, 0.3) is 0 Å². The van der Waals surface area contributed by atoms with Crippen LogP contribution in [0.2, 0.25) is 0 Å². The number of hydrogen-bond acceptors (Lipinski definition) is 4. The highest BCUT2D eigenvalue weighted by Gasteiger charge is 2.21. The Kier molecular flexibility index (Phi) is 5.06. The number of nitrogens with one attached hydrogen (secondary N) is 2. The third-order valence-corrected chi connectivity index (χ3v) is 4.29. The molecule has 1 aromatic carbocycles. The maximum atomic E-state index is 12.0. The van der Waals surface area contributed by atoms with Gasteiger partial charge in [0.1, 0.15) is 11.5 Å². The SMILES string of the molecule is Cc1cc(C(=O)NNC(=O)Cc2ccc(N3CCCC3=O)cc2)c(C)o1. The summed E-state index contributed by atoms with van der Waals surface area (Å²) in [7, 11) is 0. The second-order valence-electron chi connectivity index (χ2n) is 6.32. The Labute approximate surface area is 151 Å². The zero-order valence-electron chi connectivity index (χ0n) is 14.8. The van der Waals surface area contributed by atoms with E-state index in [0.29, 0.717) is 23.5 Å². The van der Waals surface area contributed by atoms with E-state index >= 15 is 0 Å². The molecule has 0 aliphatic carbocycles. The van der Waals surface area contributed by atoms with Crippen LogP contribution in [-0.2, 0) is 16.0 Å². The lowest BCUT2D eigenvalue weighted by Crippen LogP contribution is -2.42. The van der Waals surface area contributed by atoms with E-state index < -0.39 is 5.91 Å². The number of hydrogen-bond donors (Lipinski definition) is 2. The first-order chi connectivity index (χ1) is 12.4. The van der Waals surface area contributed by atoms with Gasteiger partial charge in [-0.3, -0.25) is 25.2 Å². The molecule has 1 aromatic heterocycles. The highest BCUT2D eigenvalue weighted by atomic mass is 16.3. The van der Waals surface area contributed by atoms with Crippen LogP contribution in [0.5, 0.6) is 0 Å². The molecule has 2 aromatic rings. The minimum Gasteiger partial charge on any atom is -0.466 e. The summed E-state index contributed by atoms with van der Waals surface area (Å²) in [5, 5.41) is 0. The summed E-state index contributed by atoms with van der Waals surface area (Å²) >= 11 is 0. The van der Waals surface area contributed by atoms with E-state index in [1.807, 2.05) is 24.3 Å². The molecule has 0 atom stereocenters. The number of rotatable bonds is 4. The van der Waals surface area contributed by atoms with Gasteiger partial charge >= 0.3 is 0 Å². The monoisotopic (exact) mass is 355 g/mol. The normalized spacial score (nSPS) is 13.8. The topological polar surface area (TPSA) is 91.7 Å². The molecule has 136 valence electrons. The fourth-order valence-corrected chi connectivity index (χ4v) is 2.99. The lowest BCUT2D eigenvalue weighted by Gasteiger charge is -2.15. The van der Waals surface area contributed by atoms with Gasteiger partial charge < -0.3 is 9.32 Å². The third-order valence-electron chi connectivity index (χ3n) is 4.29. The van der Waals surface area contributed by atoms with Gasteiger partial charge in [0.05, 0.1) is 12.0 Å². The molecule has 0 radical (unpaired) electrons. The van der Waals surface area contributed by atoms with Gasteiger partial charge in [-0.2, -0.15) is 0 Å². The van der Waals surface area contributed by atoms with Crippen LogP contribution in [0, 0.1) is 13.8 Å². The molecule has 1 fully saturated rings. The van der Waals surface area contributed by atoms with Crippen molar-refractivity contribution in [2.75, 3.05) is 11.4 Å². The molecule has 0 unspecified atom stereocenters. The van der Waals surface area contributed by atoms with Crippen LogP contribution >= 0.6 is 0 Å². The third kappa shape index (κ3) is 3.93. The minimum atomic E-state index is -0.421. The van der Waals surface area contributed by atoms with Crippen LogP contribution in [0.3, 0.4) is 0 Å². The molecule has 1 aliphatic heterocycles. The first-order valence-corrected chi connectivity index (χ1v) is 8.49. The predicted molar refractivity (Wildman–Crippen MR) is 95.5 cm³/mol. The van der Waals surface area contributed by atoms with Crippen LogP contribution < -0.4 is 15.8 Å². The highest BCUT2D eigenvalue weighted by Crippen LogP contribution is 2.21. The molecule has 0 bridgehead atoms. The number of benzene rings is 1. The van der Waals surface area contributed by atoms with E-state index in [2.05, 4.69) is 10.9 Å². The van der Waals surface area contributed by atoms with Crippen LogP contribution in [0.1, 0.15) is 40.3 Å². The number of hydrazine groups is 1. The van der Waals surface area contributed by atoms with Crippen molar-refractivity contribution in [3.63, 3.8) is 0 Å². The Morgan fingerprint density at radius 1 is 1.15 bits per heavy atom. The number of carbonyl (C=O) groups is 3. The summed E-state index contributed by atoms with van der Waals surface area (Å²) in [6.07, 6.45) is 1.58. The van der Waals surface area contributed by atoms with Gasteiger partial charge in [0.15, 0.2) is 0 Å². The van der Waals surface area contributed by atoms with Gasteiger partial charge in [-0.15, -0.1) is 0 Å². The summed E-state index contributed by atoms with van der Waals surface area (Å²) in [4.78, 5) is 37.5. The second-order valence-corrected chi connectivity index (χ2v) is 6.32. The van der Waals surface area contributed by atoms with Crippen molar-refractivity contribution in [1.29, 1.82) is 0 Å². The van der Waals surface area contributed by atoms with Crippen molar-refractivity contribution in [2.45, 2.75) is 33.1 Å². The average Bonchev–Trinajstić information content (AvgIpc) is 3.18. The van der Waals surface area contributed by atoms with Gasteiger partial charge in [-0.05, 0) is 44.0 Å². The summed E-state index contributed by atoms with van der Waals surface area (Å²) in [6.45, 7) is 4.18. The largest absolute Gasteiger partial charge is 0.466 e. The zero-order valence-corrected chi connectivity index (χ0v) is 14.8. The van der Waals surface area contributed by atoms with E-state index in [-0.39, 0.29) is 18.2 Å². The predicted octanol–water partition coefficient (Wildman–Crippen LogP) is 2.03. The molecule has 1 saturated heterocycles. The van der Waals surface area contributed by atoms with Crippen molar-refractivity contribution in [2.24, 2.45) is 0 Å². The maximum absolute atomic E-state index is 12.0. The summed E-state index contributed by atoms with van der Waals surface area (Å²) < 4.78 is 5.30. The maximum Gasteiger partial charge on any atom is 0.273 e. The van der Waals surface area contributed by atoms with Gasteiger partial charge in [-0.25, -0.2) is 0 Å². The number of furan rings is 1. The number of carbonyl (C=O) groups excluding carboxylic acids is 3. The highest BCUT2D eigenvalue weighted by molar-refractivity contribution is 5.96. The zero-order chi connectivity index (χ0) is 18.7. The van der Waals surface area contributed by atoms with E-state index in [4.69, 9.17) is 4.42 Å². The summed E-state index contributed by atoms with van der Waals surface area (Å²) in [5.74, 6) is 0.511. The van der Waals surface area contributed by atoms with Crippen molar-refractivity contribution >= 4 is 23.4 Å². The van der Waals surface area contributed by atoms with Crippen LogP contribution in [-0.4, -0.2) is 24.3 Å². The summed E-state index contributed by atoms with van der Waals surface area (Å²) in [5.41, 5.74) is 6.81. The van der Waals surface area contributed by atoms with Gasteiger partial charge in [0.25, 0.3) is 5.91 Å².